The molecular weight excluding hydrogens is 532 g/mol. The Bertz CT molecular complexity index is 1360. The van der Waals surface area contributed by atoms with Crippen molar-refractivity contribution in [3.8, 4) is 17.2 Å². The zero-order valence-corrected chi connectivity index (χ0v) is 23.3. The number of carboxylic acid groups (broad SMARTS) is 1. The van der Waals surface area contributed by atoms with Crippen LogP contribution in [0.2, 0.25) is 5.02 Å². The molecule has 2 heterocycles. The molecular formula is C31H33ClN2O6. The maximum atomic E-state index is 13.9. The van der Waals surface area contributed by atoms with Gasteiger partial charge in [0.15, 0.2) is 11.5 Å². The number of aliphatic carboxylic acids is 1. The van der Waals surface area contributed by atoms with Crippen LogP contribution in [0.5, 0.6) is 17.2 Å². The highest BCUT2D eigenvalue weighted by atomic mass is 35.5. The van der Waals surface area contributed by atoms with Gasteiger partial charge in [0.25, 0.3) is 0 Å². The second-order valence-corrected chi connectivity index (χ2v) is 10.5. The van der Waals surface area contributed by atoms with E-state index >= 15 is 0 Å². The average Bonchev–Trinajstić information content (AvgIpc) is 3.58. The Kier molecular flexibility index (Phi) is 8.47. The summed E-state index contributed by atoms with van der Waals surface area (Å²) in [5.74, 6) is -0.321. The molecule has 5 rings (SSSR count). The van der Waals surface area contributed by atoms with E-state index in [2.05, 4.69) is 6.92 Å². The van der Waals surface area contributed by atoms with Crippen LogP contribution in [0.4, 0.5) is 5.69 Å². The van der Waals surface area contributed by atoms with Gasteiger partial charge in [-0.05, 0) is 53.9 Å². The fourth-order valence-electron chi connectivity index (χ4n) is 5.70. The van der Waals surface area contributed by atoms with Gasteiger partial charge in [-0.15, -0.1) is 0 Å². The fourth-order valence-corrected chi connectivity index (χ4v) is 5.94. The van der Waals surface area contributed by atoms with Gasteiger partial charge in [-0.3, -0.25) is 14.5 Å². The van der Waals surface area contributed by atoms with E-state index < -0.39 is 17.9 Å². The van der Waals surface area contributed by atoms with Crippen LogP contribution in [0.15, 0.2) is 66.7 Å². The molecule has 2 aliphatic heterocycles. The molecule has 0 unspecified atom stereocenters. The fraction of sp³-hybridized carbons (Fsp3) is 0.355. The van der Waals surface area contributed by atoms with Gasteiger partial charge >= 0.3 is 5.97 Å². The molecule has 40 heavy (non-hydrogen) atoms. The molecule has 1 amide bonds. The lowest BCUT2D eigenvalue weighted by Gasteiger charge is -2.30. The first-order valence-corrected chi connectivity index (χ1v) is 13.8. The number of carboxylic acids is 1. The summed E-state index contributed by atoms with van der Waals surface area (Å²) in [5, 5.41) is 11.0. The second-order valence-electron chi connectivity index (χ2n) is 10.1. The van der Waals surface area contributed by atoms with Gasteiger partial charge in [0.2, 0.25) is 12.7 Å². The molecule has 3 atom stereocenters. The summed E-state index contributed by atoms with van der Waals surface area (Å²) in [7, 11) is 1.59. The zero-order valence-electron chi connectivity index (χ0n) is 22.6. The average molecular weight is 565 g/mol. The summed E-state index contributed by atoms with van der Waals surface area (Å²) >= 11 is 6.51. The monoisotopic (exact) mass is 564 g/mol. The second kappa shape index (κ2) is 12.2. The number of nitrogens with zero attached hydrogens (tertiary/aromatic N) is 2. The highest BCUT2D eigenvalue weighted by Gasteiger charge is 2.48. The number of para-hydroxylation sites is 1. The summed E-state index contributed by atoms with van der Waals surface area (Å²) in [4.78, 5) is 30.5. The summed E-state index contributed by atoms with van der Waals surface area (Å²) in [6.07, 6.45) is 1.73. The first kappa shape index (κ1) is 27.8. The van der Waals surface area contributed by atoms with E-state index in [9.17, 15) is 14.7 Å². The van der Waals surface area contributed by atoms with Crippen molar-refractivity contribution in [2.45, 2.75) is 31.7 Å². The number of hydrogen-bond acceptors (Lipinski definition) is 6. The molecule has 1 N–H and O–H groups in total. The van der Waals surface area contributed by atoms with Gasteiger partial charge in [0.1, 0.15) is 5.75 Å². The van der Waals surface area contributed by atoms with Crippen LogP contribution in [0.3, 0.4) is 0 Å². The maximum absolute atomic E-state index is 13.9. The van der Waals surface area contributed by atoms with Gasteiger partial charge in [0, 0.05) is 25.0 Å². The molecule has 0 aromatic heterocycles. The molecule has 3 aromatic rings. The Labute approximate surface area is 239 Å². The van der Waals surface area contributed by atoms with Crippen LogP contribution < -0.4 is 19.1 Å². The number of benzene rings is 3. The predicted molar refractivity (Wildman–Crippen MR) is 152 cm³/mol. The largest absolute Gasteiger partial charge is 0.497 e. The first-order valence-electron chi connectivity index (χ1n) is 13.5. The van der Waals surface area contributed by atoms with Crippen LogP contribution in [0.25, 0.3) is 0 Å². The Morgan fingerprint density at radius 2 is 1.77 bits per heavy atom. The van der Waals surface area contributed by atoms with Crippen molar-refractivity contribution in [1.82, 2.24) is 4.90 Å². The highest BCUT2D eigenvalue weighted by molar-refractivity contribution is 6.33. The molecule has 2 aliphatic rings. The van der Waals surface area contributed by atoms with Crippen molar-refractivity contribution >= 4 is 29.2 Å². The highest BCUT2D eigenvalue weighted by Crippen LogP contribution is 2.48. The quantitative estimate of drug-likeness (QED) is 0.335. The number of carbonyl (C=O) groups excluding carboxylic acids is 1. The van der Waals surface area contributed by atoms with Crippen LogP contribution in [-0.2, 0) is 9.59 Å². The Hall–Kier alpha value is -3.75. The third kappa shape index (κ3) is 5.60. The standard InChI is InChI=1S/C31H33ClN2O6/c1-3-4-15-34(25-8-6-5-7-24(25)32)28(35)18-33-17-23(21-11-14-26-27(16-21)40-19-39-26)29(31(36)37)30(33)20-9-12-22(38-2)13-10-20/h5-14,16,23,29-30H,3-4,15,17-19H2,1-2H3,(H,36,37)/t23-,29+,30-/m1/s1. The third-order valence-corrected chi connectivity index (χ3v) is 8.00. The Balaban J connectivity index is 1.51. The van der Waals surface area contributed by atoms with Gasteiger partial charge < -0.3 is 24.2 Å². The number of ether oxygens (including phenoxy) is 3. The van der Waals surface area contributed by atoms with Crippen LogP contribution in [0.1, 0.15) is 42.9 Å². The van der Waals surface area contributed by atoms with Crippen LogP contribution in [0, 0.1) is 5.92 Å². The summed E-state index contributed by atoms with van der Waals surface area (Å²) < 4.78 is 16.4. The first-order chi connectivity index (χ1) is 19.4. The van der Waals surface area contributed by atoms with Crippen molar-refractivity contribution in [2.24, 2.45) is 5.92 Å². The molecule has 210 valence electrons. The SMILES string of the molecule is CCCCN(C(=O)CN1C[C@H](c2ccc3c(c2)OCO3)[C@H](C(=O)O)[C@H]1c1ccc(OC)cc1)c1ccccc1Cl. The normalized spacial score (nSPS) is 19.9. The van der Waals surface area contributed by atoms with Crippen molar-refractivity contribution in [2.75, 3.05) is 38.4 Å². The molecule has 3 aromatic carbocycles. The predicted octanol–water partition coefficient (Wildman–Crippen LogP) is 5.75. The van der Waals surface area contributed by atoms with E-state index in [1.165, 1.54) is 0 Å². The van der Waals surface area contributed by atoms with E-state index in [0.717, 1.165) is 24.0 Å². The molecule has 0 radical (unpaired) electrons. The molecule has 9 heteroatoms. The topological polar surface area (TPSA) is 88.5 Å². The molecule has 0 saturated carbocycles. The number of carbonyl (C=O) groups is 2. The maximum Gasteiger partial charge on any atom is 0.309 e. The smallest absolute Gasteiger partial charge is 0.309 e. The molecule has 8 nitrogen and oxygen atoms in total. The van der Waals surface area contributed by atoms with Gasteiger partial charge in [-0.2, -0.15) is 0 Å². The molecule has 0 spiro atoms. The third-order valence-electron chi connectivity index (χ3n) is 7.68. The van der Waals surface area contributed by atoms with E-state index in [4.69, 9.17) is 25.8 Å². The van der Waals surface area contributed by atoms with E-state index in [0.29, 0.717) is 41.0 Å². The Morgan fingerprint density at radius 3 is 2.48 bits per heavy atom. The van der Waals surface area contributed by atoms with E-state index in [-0.39, 0.29) is 25.2 Å². The number of amides is 1. The summed E-state index contributed by atoms with van der Waals surface area (Å²) in [5.41, 5.74) is 2.30. The van der Waals surface area contributed by atoms with Crippen molar-refractivity contribution in [3.05, 3.63) is 82.9 Å². The number of likely N-dealkylation sites (tertiary alicyclic amines) is 1. The number of hydrogen-bond donors (Lipinski definition) is 1. The number of halogens is 1. The molecule has 1 saturated heterocycles. The number of fused-ring (bicyclic) bond motifs is 1. The lowest BCUT2D eigenvalue weighted by molar-refractivity contribution is -0.143. The number of anilines is 1. The van der Waals surface area contributed by atoms with Gasteiger partial charge in [0.05, 0.1) is 30.3 Å². The lowest BCUT2D eigenvalue weighted by Crippen LogP contribution is -2.41. The lowest BCUT2D eigenvalue weighted by atomic mass is 9.82. The van der Waals surface area contributed by atoms with Crippen molar-refractivity contribution in [1.29, 1.82) is 0 Å². The Morgan fingerprint density at radius 1 is 1.05 bits per heavy atom. The minimum Gasteiger partial charge on any atom is -0.497 e. The summed E-state index contributed by atoms with van der Waals surface area (Å²) in [6, 6.07) is 19.7. The molecule has 1 fully saturated rings. The van der Waals surface area contributed by atoms with Gasteiger partial charge in [-0.25, -0.2) is 0 Å². The van der Waals surface area contributed by atoms with Gasteiger partial charge in [-0.1, -0.05) is 55.3 Å². The number of methoxy groups -OCH3 is 1. The zero-order chi connectivity index (χ0) is 28.2. The van der Waals surface area contributed by atoms with Crippen LogP contribution in [-0.4, -0.2) is 55.4 Å². The number of rotatable bonds is 10. The minimum atomic E-state index is -0.924. The van der Waals surface area contributed by atoms with E-state index in [1.54, 1.807) is 18.1 Å². The molecule has 0 aliphatic carbocycles. The van der Waals surface area contributed by atoms with Crippen molar-refractivity contribution in [3.63, 3.8) is 0 Å². The van der Waals surface area contributed by atoms with Crippen LogP contribution >= 0.6 is 11.6 Å². The number of unbranched alkanes of at least 4 members (excludes halogenated alkanes) is 1. The van der Waals surface area contributed by atoms with Crippen molar-refractivity contribution < 1.29 is 28.9 Å². The summed E-state index contributed by atoms with van der Waals surface area (Å²) in [6.45, 7) is 3.15. The minimum absolute atomic E-state index is 0.0382. The van der Waals surface area contributed by atoms with E-state index in [1.807, 2.05) is 65.6 Å². The molecule has 0 bridgehead atoms.